The number of aryl methyl sites for hydroxylation is 2. The van der Waals surface area contributed by atoms with Gasteiger partial charge < -0.3 is 10.2 Å². The topological polar surface area (TPSA) is 65.2 Å². The molecule has 188 valence electrons. The molecule has 0 spiro atoms. The second kappa shape index (κ2) is 8.80. The number of aliphatic imine (C=N–C) groups is 2. The van der Waals surface area contributed by atoms with Gasteiger partial charge in [-0.25, -0.2) is 0 Å². The molecule has 35 heavy (non-hydrogen) atoms. The highest BCUT2D eigenvalue weighted by Crippen LogP contribution is 2.52. The largest absolute Gasteiger partial charge is 0.507 e. The van der Waals surface area contributed by atoms with Crippen molar-refractivity contribution in [3.63, 3.8) is 0 Å². The summed E-state index contributed by atoms with van der Waals surface area (Å²) in [5.41, 5.74) is 5.20. The molecule has 3 unspecified atom stereocenters. The monoisotopic (exact) mass is 474 g/mol. The quantitative estimate of drug-likeness (QED) is 0.462. The SMILES string of the molecule is Cc1cc(C=NC2CC3CCC2(N=Cc2cc(C)cc(C(C)(C)C)c2O)C3)c(O)c(C(C)(C)C)c1. The molecule has 2 aliphatic carbocycles. The third-order valence-electron chi connectivity index (χ3n) is 7.84. The van der Waals surface area contributed by atoms with Crippen molar-refractivity contribution in [2.24, 2.45) is 15.9 Å². The van der Waals surface area contributed by atoms with Crippen LogP contribution in [-0.4, -0.2) is 34.2 Å². The van der Waals surface area contributed by atoms with Gasteiger partial charge in [-0.3, -0.25) is 9.98 Å². The third kappa shape index (κ3) is 5.03. The Morgan fingerprint density at radius 3 is 1.83 bits per heavy atom. The minimum Gasteiger partial charge on any atom is -0.507 e. The summed E-state index contributed by atoms with van der Waals surface area (Å²) in [5, 5.41) is 22.0. The van der Waals surface area contributed by atoms with Gasteiger partial charge in [-0.1, -0.05) is 53.7 Å². The van der Waals surface area contributed by atoms with Crippen LogP contribution in [-0.2, 0) is 10.8 Å². The predicted octanol–water partition coefficient (Wildman–Crippen LogP) is 7.16. The van der Waals surface area contributed by atoms with Gasteiger partial charge in [0.25, 0.3) is 0 Å². The number of phenolic OH excluding ortho intramolecular Hbond substituents is 2. The Hall–Kier alpha value is -2.62. The summed E-state index contributed by atoms with van der Waals surface area (Å²) in [4.78, 5) is 10.2. The molecule has 2 bridgehead atoms. The standard InChI is InChI=1S/C31H42N2O2/c1-19-11-22(27(34)24(13-19)29(3,4)5)17-32-26-15-21-9-10-31(26,16-21)33-18-23-12-20(2)14-25(28(23)35)30(6,7)8/h11-14,17-18,21,26,34-35H,9-10,15-16H2,1-8H3. The summed E-state index contributed by atoms with van der Waals surface area (Å²) in [7, 11) is 0. The molecule has 0 amide bonds. The average Bonchev–Trinajstić information content (AvgIpc) is 3.31. The van der Waals surface area contributed by atoms with E-state index in [1.54, 1.807) is 0 Å². The number of nitrogens with zero attached hydrogens (tertiary/aromatic N) is 2. The normalized spacial score (nSPS) is 24.8. The number of hydrogen-bond donors (Lipinski definition) is 2. The van der Waals surface area contributed by atoms with Crippen LogP contribution in [0.15, 0.2) is 34.3 Å². The van der Waals surface area contributed by atoms with Crippen LogP contribution in [0.3, 0.4) is 0 Å². The van der Waals surface area contributed by atoms with E-state index in [0.717, 1.165) is 52.6 Å². The fourth-order valence-electron chi connectivity index (χ4n) is 5.92. The Morgan fingerprint density at radius 1 is 0.829 bits per heavy atom. The van der Waals surface area contributed by atoms with Crippen molar-refractivity contribution < 1.29 is 10.2 Å². The second-order valence-electron chi connectivity index (χ2n) is 13.0. The molecular formula is C31H42N2O2. The van der Waals surface area contributed by atoms with E-state index < -0.39 is 0 Å². The van der Waals surface area contributed by atoms with Crippen LogP contribution in [0.25, 0.3) is 0 Å². The van der Waals surface area contributed by atoms with E-state index >= 15 is 0 Å². The lowest BCUT2D eigenvalue weighted by molar-refractivity contribution is 0.367. The Balaban J connectivity index is 1.66. The maximum atomic E-state index is 11.0. The number of phenols is 2. The summed E-state index contributed by atoms with van der Waals surface area (Å²) in [6.45, 7) is 16.9. The van der Waals surface area contributed by atoms with Crippen molar-refractivity contribution in [3.8, 4) is 11.5 Å². The lowest BCUT2D eigenvalue weighted by Crippen LogP contribution is -2.34. The summed E-state index contributed by atoms with van der Waals surface area (Å²) in [6, 6.07) is 8.25. The zero-order chi connectivity index (χ0) is 25.8. The smallest absolute Gasteiger partial charge is 0.128 e. The van der Waals surface area contributed by atoms with Crippen LogP contribution in [0.2, 0.25) is 0 Å². The van der Waals surface area contributed by atoms with E-state index in [2.05, 4.69) is 67.5 Å². The molecule has 2 aliphatic rings. The molecule has 0 saturated heterocycles. The number of benzene rings is 2. The highest BCUT2D eigenvalue weighted by molar-refractivity contribution is 5.86. The Labute approximate surface area is 211 Å². The van der Waals surface area contributed by atoms with Crippen LogP contribution in [0.1, 0.15) is 101 Å². The maximum Gasteiger partial charge on any atom is 0.128 e. The first kappa shape index (κ1) is 25.5. The highest BCUT2D eigenvalue weighted by atomic mass is 16.3. The van der Waals surface area contributed by atoms with Gasteiger partial charge in [0, 0.05) is 34.7 Å². The summed E-state index contributed by atoms with van der Waals surface area (Å²) >= 11 is 0. The number of rotatable bonds is 4. The average molecular weight is 475 g/mol. The second-order valence-corrected chi connectivity index (χ2v) is 13.0. The molecule has 4 nitrogen and oxygen atoms in total. The Morgan fingerprint density at radius 2 is 1.34 bits per heavy atom. The highest BCUT2D eigenvalue weighted by Gasteiger charge is 2.52. The molecule has 2 aromatic rings. The van der Waals surface area contributed by atoms with Gasteiger partial charge in [-0.05, 0) is 79.5 Å². The number of fused-ring (bicyclic) bond motifs is 2. The maximum absolute atomic E-state index is 11.0. The van der Waals surface area contributed by atoms with Crippen molar-refractivity contribution in [2.45, 2.75) is 103 Å². The van der Waals surface area contributed by atoms with Crippen molar-refractivity contribution >= 4 is 12.4 Å². The van der Waals surface area contributed by atoms with Crippen LogP contribution in [0.4, 0.5) is 0 Å². The van der Waals surface area contributed by atoms with Crippen molar-refractivity contribution in [3.05, 3.63) is 57.6 Å². The minimum atomic E-state index is -0.231. The molecule has 2 aromatic carbocycles. The zero-order valence-corrected chi connectivity index (χ0v) is 22.7. The van der Waals surface area contributed by atoms with Crippen molar-refractivity contribution in [2.75, 3.05) is 0 Å². The Bertz CT molecular complexity index is 1180. The van der Waals surface area contributed by atoms with Gasteiger partial charge in [-0.2, -0.15) is 0 Å². The summed E-state index contributed by atoms with van der Waals surface area (Å²) in [6.07, 6.45) is 8.01. The van der Waals surface area contributed by atoms with Gasteiger partial charge in [0.05, 0.1) is 11.6 Å². The van der Waals surface area contributed by atoms with Gasteiger partial charge >= 0.3 is 0 Å². The minimum absolute atomic E-state index is 0.0875. The first-order chi connectivity index (χ1) is 16.2. The van der Waals surface area contributed by atoms with E-state index in [0.29, 0.717) is 17.4 Å². The van der Waals surface area contributed by atoms with E-state index in [-0.39, 0.29) is 22.4 Å². The molecule has 2 fully saturated rings. The molecule has 0 aromatic heterocycles. The van der Waals surface area contributed by atoms with E-state index in [4.69, 9.17) is 9.98 Å². The predicted molar refractivity (Wildman–Crippen MR) is 147 cm³/mol. The fourth-order valence-corrected chi connectivity index (χ4v) is 5.92. The lowest BCUT2D eigenvalue weighted by atomic mass is 9.84. The molecule has 2 saturated carbocycles. The van der Waals surface area contributed by atoms with Crippen molar-refractivity contribution in [1.29, 1.82) is 0 Å². The zero-order valence-electron chi connectivity index (χ0n) is 22.7. The molecular weight excluding hydrogens is 432 g/mol. The molecule has 4 rings (SSSR count). The molecule has 4 heteroatoms. The van der Waals surface area contributed by atoms with Crippen LogP contribution >= 0.6 is 0 Å². The van der Waals surface area contributed by atoms with Gasteiger partial charge in [0.2, 0.25) is 0 Å². The molecule has 0 aliphatic heterocycles. The summed E-state index contributed by atoms with van der Waals surface area (Å²) < 4.78 is 0. The first-order valence-corrected chi connectivity index (χ1v) is 13.0. The van der Waals surface area contributed by atoms with Crippen LogP contribution in [0, 0.1) is 19.8 Å². The Kier molecular flexibility index (Phi) is 6.40. The molecule has 0 heterocycles. The summed E-state index contributed by atoms with van der Waals surface area (Å²) in [5.74, 6) is 1.30. The van der Waals surface area contributed by atoms with Gasteiger partial charge in [-0.15, -0.1) is 0 Å². The van der Waals surface area contributed by atoms with Crippen molar-refractivity contribution in [1.82, 2.24) is 0 Å². The lowest BCUT2D eigenvalue weighted by Gasteiger charge is -2.29. The van der Waals surface area contributed by atoms with Gasteiger partial charge in [0.1, 0.15) is 11.5 Å². The number of aromatic hydroxyl groups is 2. The molecule has 2 N–H and O–H groups in total. The molecule has 3 atom stereocenters. The van der Waals surface area contributed by atoms with E-state index in [9.17, 15) is 10.2 Å². The van der Waals surface area contributed by atoms with E-state index in [1.807, 2.05) is 24.6 Å². The third-order valence-corrected chi connectivity index (χ3v) is 7.84. The fraction of sp³-hybridized carbons (Fsp3) is 0.548. The van der Waals surface area contributed by atoms with E-state index in [1.165, 1.54) is 6.42 Å². The number of hydrogen-bond acceptors (Lipinski definition) is 4. The molecule has 0 radical (unpaired) electrons. The van der Waals surface area contributed by atoms with Gasteiger partial charge in [0.15, 0.2) is 0 Å². The first-order valence-electron chi connectivity index (χ1n) is 13.0. The van der Waals surface area contributed by atoms with Crippen LogP contribution < -0.4 is 0 Å². The van der Waals surface area contributed by atoms with Crippen LogP contribution in [0.5, 0.6) is 11.5 Å².